The van der Waals surface area contributed by atoms with E-state index in [1.54, 1.807) is 0 Å². The fourth-order valence-electron chi connectivity index (χ4n) is 4.88. The molecule has 0 unspecified atom stereocenters. The van der Waals surface area contributed by atoms with E-state index in [1.807, 2.05) is 12.2 Å². The van der Waals surface area contributed by atoms with E-state index in [0.717, 1.165) is 21.3 Å². The number of nitrogens with zero attached hydrogens (tertiary/aromatic N) is 1. The molecular weight excluding hydrogens is 502 g/mol. The first-order chi connectivity index (χ1) is 17.6. The average Bonchev–Trinajstić information content (AvgIpc) is 3.26. The van der Waals surface area contributed by atoms with Crippen molar-refractivity contribution >= 4 is 49.9 Å². The minimum absolute atomic E-state index is 1.08. The van der Waals surface area contributed by atoms with Gasteiger partial charge in [0.2, 0.25) is 0 Å². The van der Waals surface area contributed by atoms with Crippen molar-refractivity contribution in [2.45, 2.75) is 0 Å². The fourth-order valence-corrected chi connectivity index (χ4v) is 5.24. The fraction of sp³-hybridized carbons (Fsp3) is 0. The van der Waals surface area contributed by atoms with Gasteiger partial charge in [-0.25, -0.2) is 0 Å². The van der Waals surface area contributed by atoms with Crippen molar-refractivity contribution in [3.63, 3.8) is 0 Å². The molecule has 5 aromatic carbocycles. The van der Waals surface area contributed by atoms with Gasteiger partial charge in [-0.2, -0.15) is 0 Å². The SMILES string of the molecule is C=Cc1ccc(-c2ccc(-n3c4ccc(Br)cc4c4cc(-c5ccc(C=C)cc5)ccc43)cc2)cc1. The molecule has 0 N–H and O–H groups in total. The third-order valence-corrected chi connectivity index (χ3v) is 7.31. The van der Waals surface area contributed by atoms with Gasteiger partial charge in [-0.3, -0.25) is 0 Å². The van der Waals surface area contributed by atoms with E-state index in [2.05, 4.69) is 143 Å². The van der Waals surface area contributed by atoms with E-state index < -0.39 is 0 Å². The summed E-state index contributed by atoms with van der Waals surface area (Å²) in [5, 5.41) is 2.47. The number of aromatic nitrogens is 1. The van der Waals surface area contributed by atoms with Gasteiger partial charge < -0.3 is 4.57 Å². The van der Waals surface area contributed by atoms with Crippen LogP contribution >= 0.6 is 15.9 Å². The van der Waals surface area contributed by atoms with E-state index >= 15 is 0 Å². The average molecular weight is 526 g/mol. The van der Waals surface area contributed by atoms with Crippen LogP contribution in [0.25, 0.3) is 61.9 Å². The lowest BCUT2D eigenvalue weighted by Crippen LogP contribution is -1.93. The van der Waals surface area contributed by atoms with Gasteiger partial charge in [-0.1, -0.05) is 108 Å². The summed E-state index contributed by atoms with van der Waals surface area (Å²) in [4.78, 5) is 0. The lowest BCUT2D eigenvalue weighted by atomic mass is 10.0. The quantitative estimate of drug-likeness (QED) is 0.211. The second kappa shape index (κ2) is 9.14. The molecular formula is C34H24BrN. The first-order valence-electron chi connectivity index (χ1n) is 11.9. The molecule has 6 rings (SSSR count). The Kier molecular flexibility index (Phi) is 5.67. The summed E-state index contributed by atoms with van der Waals surface area (Å²) in [6.45, 7) is 7.72. The monoisotopic (exact) mass is 525 g/mol. The molecule has 0 aliphatic heterocycles. The van der Waals surface area contributed by atoms with Crippen LogP contribution in [0.1, 0.15) is 11.1 Å². The molecule has 0 atom stereocenters. The Morgan fingerprint density at radius 2 is 0.944 bits per heavy atom. The highest BCUT2D eigenvalue weighted by atomic mass is 79.9. The zero-order valence-electron chi connectivity index (χ0n) is 19.8. The summed E-state index contributed by atoms with van der Waals surface area (Å²) in [5.74, 6) is 0. The second-order valence-electron chi connectivity index (χ2n) is 8.93. The van der Waals surface area contributed by atoms with E-state index in [9.17, 15) is 0 Å². The van der Waals surface area contributed by atoms with Gasteiger partial charge in [0.15, 0.2) is 0 Å². The molecule has 0 aliphatic carbocycles. The maximum Gasteiger partial charge on any atom is 0.0541 e. The number of hydrogen-bond acceptors (Lipinski definition) is 0. The Balaban J connectivity index is 1.49. The molecule has 0 saturated heterocycles. The third kappa shape index (κ3) is 3.90. The van der Waals surface area contributed by atoms with Crippen molar-refractivity contribution in [3.05, 3.63) is 138 Å². The highest BCUT2D eigenvalue weighted by molar-refractivity contribution is 9.10. The lowest BCUT2D eigenvalue weighted by Gasteiger charge is -2.10. The number of rotatable bonds is 5. The zero-order chi connectivity index (χ0) is 24.6. The molecule has 0 fully saturated rings. The van der Waals surface area contributed by atoms with Crippen LogP contribution in [0.5, 0.6) is 0 Å². The Morgan fingerprint density at radius 3 is 1.50 bits per heavy atom. The molecule has 36 heavy (non-hydrogen) atoms. The predicted molar refractivity (Wildman–Crippen MR) is 160 cm³/mol. The first kappa shape index (κ1) is 22.3. The number of halogens is 1. The Bertz CT molecular complexity index is 1740. The van der Waals surface area contributed by atoms with Crippen LogP contribution in [0.3, 0.4) is 0 Å². The number of benzene rings is 5. The lowest BCUT2D eigenvalue weighted by molar-refractivity contribution is 1.18. The van der Waals surface area contributed by atoms with Crippen molar-refractivity contribution in [2.24, 2.45) is 0 Å². The predicted octanol–water partition coefficient (Wildman–Crippen LogP) is 10.2. The molecule has 0 aliphatic rings. The normalized spacial score (nSPS) is 11.1. The van der Waals surface area contributed by atoms with Crippen molar-refractivity contribution in [1.29, 1.82) is 0 Å². The van der Waals surface area contributed by atoms with Crippen LogP contribution in [-0.4, -0.2) is 4.57 Å². The summed E-state index contributed by atoms with van der Waals surface area (Å²) < 4.78 is 3.43. The van der Waals surface area contributed by atoms with E-state index in [0.29, 0.717) is 0 Å². The summed E-state index contributed by atoms with van der Waals surface area (Å²) in [5.41, 5.74) is 10.6. The molecule has 0 amide bonds. The molecule has 1 aromatic heterocycles. The van der Waals surface area contributed by atoms with Gasteiger partial charge in [0, 0.05) is 20.9 Å². The zero-order valence-corrected chi connectivity index (χ0v) is 21.4. The summed E-state index contributed by atoms with van der Waals surface area (Å²) >= 11 is 3.68. The summed E-state index contributed by atoms with van der Waals surface area (Å²) in [6.07, 6.45) is 3.74. The molecule has 1 heterocycles. The largest absolute Gasteiger partial charge is 0.309 e. The molecule has 0 radical (unpaired) electrons. The van der Waals surface area contributed by atoms with Gasteiger partial charge in [-0.15, -0.1) is 0 Å². The molecule has 0 bridgehead atoms. The van der Waals surface area contributed by atoms with Gasteiger partial charge in [0.25, 0.3) is 0 Å². The van der Waals surface area contributed by atoms with E-state index in [-0.39, 0.29) is 0 Å². The standard InChI is InChI=1S/C34H24BrN/c1-3-23-5-9-25(10-6-23)26-13-17-30(18-14-26)36-33-19-15-28(27-11-7-24(4-2)8-12-27)21-31(33)32-22-29(35)16-20-34(32)36/h3-22H,1-2H2. The van der Waals surface area contributed by atoms with Gasteiger partial charge in [-0.05, 0) is 75.8 Å². The second-order valence-corrected chi connectivity index (χ2v) is 9.84. The van der Waals surface area contributed by atoms with Crippen LogP contribution in [0, 0.1) is 0 Å². The highest BCUT2D eigenvalue weighted by Crippen LogP contribution is 2.36. The minimum atomic E-state index is 1.08. The van der Waals surface area contributed by atoms with E-state index in [4.69, 9.17) is 0 Å². The Labute approximate surface area is 219 Å². The molecule has 6 aromatic rings. The Hall–Kier alpha value is -4.14. The van der Waals surface area contributed by atoms with Gasteiger partial charge in [0.05, 0.1) is 11.0 Å². The van der Waals surface area contributed by atoms with Gasteiger partial charge in [0.1, 0.15) is 0 Å². The number of hydrogen-bond donors (Lipinski definition) is 0. The molecule has 1 nitrogen and oxygen atoms in total. The van der Waals surface area contributed by atoms with Crippen molar-refractivity contribution < 1.29 is 0 Å². The van der Waals surface area contributed by atoms with Crippen LogP contribution in [0.4, 0.5) is 0 Å². The third-order valence-electron chi connectivity index (χ3n) is 6.81. The molecule has 2 heteroatoms. The maximum atomic E-state index is 3.87. The highest BCUT2D eigenvalue weighted by Gasteiger charge is 2.14. The van der Waals surface area contributed by atoms with Crippen LogP contribution in [0.15, 0.2) is 127 Å². The van der Waals surface area contributed by atoms with E-state index in [1.165, 1.54) is 44.1 Å². The van der Waals surface area contributed by atoms with Crippen molar-refractivity contribution in [2.75, 3.05) is 0 Å². The van der Waals surface area contributed by atoms with Crippen molar-refractivity contribution in [1.82, 2.24) is 4.57 Å². The molecule has 172 valence electrons. The smallest absolute Gasteiger partial charge is 0.0541 e. The van der Waals surface area contributed by atoms with Gasteiger partial charge >= 0.3 is 0 Å². The van der Waals surface area contributed by atoms with Crippen LogP contribution in [0.2, 0.25) is 0 Å². The van der Waals surface area contributed by atoms with Crippen molar-refractivity contribution in [3.8, 4) is 27.9 Å². The Morgan fingerprint density at radius 1 is 0.500 bits per heavy atom. The topological polar surface area (TPSA) is 4.93 Å². The number of fused-ring (bicyclic) bond motifs is 3. The van der Waals surface area contributed by atoms with Crippen LogP contribution < -0.4 is 0 Å². The first-order valence-corrected chi connectivity index (χ1v) is 12.7. The summed E-state index contributed by atoms with van der Waals surface area (Å²) in [6, 6.07) is 39.1. The summed E-state index contributed by atoms with van der Waals surface area (Å²) in [7, 11) is 0. The molecule has 0 spiro atoms. The maximum absolute atomic E-state index is 3.87. The van der Waals surface area contributed by atoms with Crippen LogP contribution in [-0.2, 0) is 0 Å². The minimum Gasteiger partial charge on any atom is -0.309 e. The molecule has 0 saturated carbocycles.